The number of amides is 3. The van der Waals surface area contributed by atoms with Crippen LogP contribution < -0.4 is 16.4 Å². The zero-order valence-corrected chi connectivity index (χ0v) is 19.7. The largest absolute Gasteiger partial charge is 0.405 e. The van der Waals surface area contributed by atoms with Crippen molar-refractivity contribution < 1.29 is 41.1 Å². The number of halogens is 5. The van der Waals surface area contributed by atoms with Gasteiger partial charge in [-0.05, 0) is 19.9 Å². The fourth-order valence-corrected chi connectivity index (χ4v) is 3.27. The van der Waals surface area contributed by atoms with Gasteiger partial charge in [-0.2, -0.15) is 13.2 Å². The topological polar surface area (TPSA) is 138 Å². The van der Waals surface area contributed by atoms with Crippen molar-refractivity contribution >= 4 is 23.4 Å². The van der Waals surface area contributed by atoms with Gasteiger partial charge in [-0.1, -0.05) is 6.07 Å². The molecule has 1 aliphatic heterocycles. The molecule has 2 rings (SSSR count). The standard InChI is InChI=1S/C22H28F5N5O4/c1-21(2,29)20(35)31-17(10-36-9-12-3-4-13(23)7-15(12)24)19(34)32-6-5-16(28)14(8-32)18(33)30-11-22(25,26)27/h3-4,7,14,17,28H,5-6,8-11,29H2,1-2H3,(H,30,33)(H,31,35). The Bertz CT molecular complexity index is 996. The predicted octanol–water partition coefficient (Wildman–Crippen LogP) is 1.25. The van der Waals surface area contributed by atoms with Gasteiger partial charge in [0, 0.05) is 36.9 Å². The Morgan fingerprint density at radius 2 is 1.92 bits per heavy atom. The molecule has 1 fully saturated rings. The van der Waals surface area contributed by atoms with E-state index in [1.54, 1.807) is 5.32 Å². The van der Waals surface area contributed by atoms with Crippen molar-refractivity contribution in [1.82, 2.24) is 15.5 Å². The quantitative estimate of drug-likeness (QED) is 0.363. The van der Waals surface area contributed by atoms with Crippen LogP contribution in [0.5, 0.6) is 0 Å². The molecule has 0 aliphatic carbocycles. The van der Waals surface area contributed by atoms with Crippen LogP contribution in [0.1, 0.15) is 25.8 Å². The van der Waals surface area contributed by atoms with E-state index in [-0.39, 0.29) is 37.4 Å². The van der Waals surface area contributed by atoms with Gasteiger partial charge in [0.25, 0.3) is 0 Å². The summed E-state index contributed by atoms with van der Waals surface area (Å²) in [6.07, 6.45) is -4.71. The summed E-state index contributed by atoms with van der Waals surface area (Å²) in [6, 6.07) is 1.50. The lowest BCUT2D eigenvalue weighted by Gasteiger charge is -2.35. The molecule has 2 atom stereocenters. The van der Waals surface area contributed by atoms with Crippen molar-refractivity contribution in [3.63, 3.8) is 0 Å². The Balaban J connectivity index is 2.12. The van der Waals surface area contributed by atoms with Crippen LogP contribution in [0, 0.1) is 23.0 Å². The number of rotatable bonds is 9. The fourth-order valence-electron chi connectivity index (χ4n) is 3.27. The highest BCUT2D eigenvalue weighted by Gasteiger charge is 2.38. The average Bonchev–Trinajstić information content (AvgIpc) is 2.76. The third-order valence-corrected chi connectivity index (χ3v) is 5.31. The van der Waals surface area contributed by atoms with Crippen LogP contribution >= 0.6 is 0 Å². The second-order valence-electron chi connectivity index (χ2n) is 8.94. The second-order valence-corrected chi connectivity index (χ2v) is 8.94. The third kappa shape index (κ3) is 8.52. The van der Waals surface area contributed by atoms with Crippen LogP contribution in [0.4, 0.5) is 22.0 Å². The summed E-state index contributed by atoms with van der Waals surface area (Å²) in [5.74, 6) is -5.46. The predicted molar refractivity (Wildman–Crippen MR) is 118 cm³/mol. The van der Waals surface area contributed by atoms with Crippen LogP contribution in [0.15, 0.2) is 18.2 Å². The van der Waals surface area contributed by atoms with E-state index in [0.29, 0.717) is 6.07 Å². The molecule has 3 amide bonds. The van der Waals surface area contributed by atoms with Crippen molar-refractivity contribution in [3.05, 3.63) is 35.4 Å². The maximum atomic E-state index is 13.9. The average molecular weight is 521 g/mol. The molecule has 0 aromatic heterocycles. The lowest BCUT2D eigenvalue weighted by molar-refractivity contribution is -0.143. The summed E-state index contributed by atoms with van der Waals surface area (Å²) in [7, 11) is 0. The van der Waals surface area contributed by atoms with Gasteiger partial charge in [0.1, 0.15) is 24.2 Å². The van der Waals surface area contributed by atoms with E-state index >= 15 is 0 Å². The molecule has 1 aromatic carbocycles. The van der Waals surface area contributed by atoms with Gasteiger partial charge >= 0.3 is 6.18 Å². The van der Waals surface area contributed by atoms with E-state index in [1.165, 1.54) is 13.8 Å². The summed E-state index contributed by atoms with van der Waals surface area (Å²) in [4.78, 5) is 39.0. The first-order chi connectivity index (χ1) is 16.6. The Kier molecular flexibility index (Phi) is 9.49. The molecule has 0 spiro atoms. The van der Waals surface area contributed by atoms with Gasteiger partial charge in [0.05, 0.1) is 24.7 Å². The van der Waals surface area contributed by atoms with E-state index in [0.717, 1.165) is 17.0 Å². The van der Waals surface area contributed by atoms with Gasteiger partial charge < -0.3 is 31.4 Å². The lowest BCUT2D eigenvalue weighted by atomic mass is 9.94. The molecule has 1 saturated heterocycles. The highest BCUT2D eigenvalue weighted by Crippen LogP contribution is 2.18. The minimum Gasteiger partial charge on any atom is -0.374 e. The minimum absolute atomic E-state index is 0.000834. The molecular formula is C22H28F5N5O4. The molecule has 5 N–H and O–H groups in total. The molecule has 2 unspecified atom stereocenters. The van der Waals surface area contributed by atoms with Crippen LogP contribution in [-0.4, -0.2) is 72.3 Å². The zero-order valence-electron chi connectivity index (χ0n) is 19.7. The number of alkyl halides is 3. The number of ether oxygens (including phenoxy) is 1. The summed E-state index contributed by atoms with van der Waals surface area (Å²) in [5, 5.41) is 12.1. The first-order valence-electron chi connectivity index (χ1n) is 10.9. The fraction of sp³-hybridized carbons (Fsp3) is 0.545. The summed E-state index contributed by atoms with van der Waals surface area (Å²) < 4.78 is 69.7. The van der Waals surface area contributed by atoms with E-state index in [2.05, 4.69) is 5.32 Å². The van der Waals surface area contributed by atoms with E-state index < -0.39 is 66.2 Å². The SMILES string of the molecule is CC(C)(N)C(=O)NC(COCc1ccc(F)cc1F)C(=O)N1CCC(=N)C(C(=O)NCC(F)(F)F)C1. The van der Waals surface area contributed by atoms with Gasteiger partial charge in [-0.15, -0.1) is 0 Å². The number of piperidine rings is 1. The highest BCUT2D eigenvalue weighted by molar-refractivity contribution is 6.04. The number of carbonyl (C=O) groups excluding carboxylic acids is 3. The maximum Gasteiger partial charge on any atom is 0.405 e. The third-order valence-electron chi connectivity index (χ3n) is 5.31. The molecule has 36 heavy (non-hydrogen) atoms. The number of likely N-dealkylation sites (tertiary alicyclic amines) is 1. The molecule has 0 saturated carbocycles. The molecule has 200 valence electrons. The lowest BCUT2D eigenvalue weighted by Crippen LogP contribution is -2.60. The van der Waals surface area contributed by atoms with Gasteiger partial charge in [0.2, 0.25) is 17.7 Å². The van der Waals surface area contributed by atoms with Crippen LogP contribution in [-0.2, 0) is 25.7 Å². The van der Waals surface area contributed by atoms with Crippen molar-refractivity contribution in [3.8, 4) is 0 Å². The van der Waals surface area contributed by atoms with E-state index in [9.17, 15) is 36.3 Å². The number of hydrogen-bond acceptors (Lipinski definition) is 6. The Morgan fingerprint density at radius 1 is 1.25 bits per heavy atom. The molecule has 0 radical (unpaired) electrons. The Hall–Kier alpha value is -3.13. The molecule has 1 aliphatic rings. The number of carbonyl (C=O) groups is 3. The van der Waals surface area contributed by atoms with Gasteiger partial charge in [0.15, 0.2) is 0 Å². The van der Waals surface area contributed by atoms with Crippen LogP contribution in [0.25, 0.3) is 0 Å². The van der Waals surface area contributed by atoms with Crippen LogP contribution in [0.2, 0.25) is 0 Å². The maximum absolute atomic E-state index is 13.9. The summed E-state index contributed by atoms with van der Waals surface area (Å²) in [6.45, 7) is -0.00931. The van der Waals surface area contributed by atoms with Crippen molar-refractivity contribution in [2.75, 3.05) is 26.2 Å². The normalized spacial score (nSPS) is 17.5. The summed E-state index contributed by atoms with van der Waals surface area (Å²) in [5.41, 5.74) is 4.26. The molecule has 0 bridgehead atoms. The first kappa shape index (κ1) is 29.1. The Labute approximate surface area is 204 Å². The van der Waals surface area contributed by atoms with Gasteiger partial charge in [-0.25, -0.2) is 8.78 Å². The van der Waals surface area contributed by atoms with Crippen molar-refractivity contribution in [1.29, 1.82) is 5.41 Å². The second kappa shape index (κ2) is 11.7. The first-order valence-corrected chi connectivity index (χ1v) is 10.9. The minimum atomic E-state index is -4.65. The number of nitrogens with zero attached hydrogens (tertiary/aromatic N) is 1. The zero-order chi connectivity index (χ0) is 27.3. The number of benzene rings is 1. The number of hydrogen-bond donors (Lipinski definition) is 4. The Morgan fingerprint density at radius 3 is 2.50 bits per heavy atom. The number of nitrogens with two attached hydrogens (primary N) is 1. The molecule has 14 heteroatoms. The smallest absolute Gasteiger partial charge is 0.374 e. The molecule has 1 aromatic rings. The van der Waals surface area contributed by atoms with E-state index in [4.69, 9.17) is 15.9 Å². The highest BCUT2D eigenvalue weighted by atomic mass is 19.4. The monoisotopic (exact) mass is 521 g/mol. The van der Waals surface area contributed by atoms with E-state index in [1.807, 2.05) is 0 Å². The molecule has 9 nitrogen and oxygen atoms in total. The summed E-state index contributed by atoms with van der Waals surface area (Å²) >= 11 is 0. The number of nitrogens with one attached hydrogen (secondary N) is 3. The van der Waals surface area contributed by atoms with Crippen molar-refractivity contribution in [2.45, 2.75) is 44.6 Å². The van der Waals surface area contributed by atoms with Crippen LogP contribution in [0.3, 0.4) is 0 Å². The molecular weight excluding hydrogens is 493 g/mol. The van der Waals surface area contributed by atoms with Crippen molar-refractivity contribution in [2.24, 2.45) is 11.7 Å². The molecule has 1 heterocycles. The van der Waals surface area contributed by atoms with Gasteiger partial charge in [-0.3, -0.25) is 14.4 Å².